The zero-order chi connectivity index (χ0) is 14.6. The van der Waals surface area contributed by atoms with E-state index in [9.17, 15) is 9.59 Å². The molecular formula is C12H19N3O4. The molecule has 1 aromatic rings. The number of carbonyl (C=O) groups excluding carboxylic acids is 1. The first-order valence-electron chi connectivity index (χ1n) is 5.78. The molecule has 7 heteroatoms. The van der Waals surface area contributed by atoms with Gasteiger partial charge in [0.25, 0.3) is 0 Å². The minimum atomic E-state index is -1.12. The predicted molar refractivity (Wildman–Crippen MR) is 70.6 cm³/mol. The van der Waals surface area contributed by atoms with Crippen molar-refractivity contribution in [2.45, 2.75) is 26.4 Å². The maximum absolute atomic E-state index is 11.7. The topological polar surface area (TPSA) is 103 Å². The van der Waals surface area contributed by atoms with Crippen molar-refractivity contribution in [3.8, 4) is 0 Å². The third kappa shape index (κ3) is 4.29. The second kappa shape index (κ2) is 5.75. The SMILES string of the molecule is COC(C)(C)CNC(=O)Nc1cc(C)[nH]c1C(=O)O. The monoisotopic (exact) mass is 269 g/mol. The van der Waals surface area contributed by atoms with Crippen LogP contribution in [0.4, 0.5) is 10.5 Å². The number of hydrogen-bond donors (Lipinski definition) is 4. The van der Waals surface area contributed by atoms with Crippen molar-refractivity contribution in [1.29, 1.82) is 0 Å². The van der Waals surface area contributed by atoms with Crippen molar-refractivity contribution in [1.82, 2.24) is 10.3 Å². The Morgan fingerprint density at radius 2 is 2.11 bits per heavy atom. The quantitative estimate of drug-likeness (QED) is 0.651. The van der Waals surface area contributed by atoms with Crippen LogP contribution in [0.25, 0.3) is 0 Å². The molecule has 106 valence electrons. The Bertz CT molecular complexity index is 479. The van der Waals surface area contributed by atoms with Crippen LogP contribution in [0.15, 0.2) is 6.07 Å². The standard InChI is InChI=1S/C12H19N3O4/c1-7-5-8(9(14-7)10(16)17)15-11(18)13-6-12(2,3)19-4/h5,14H,6H2,1-4H3,(H,16,17)(H2,13,15,18). The highest BCUT2D eigenvalue weighted by Gasteiger charge is 2.19. The Balaban J connectivity index is 2.65. The third-order valence-corrected chi connectivity index (χ3v) is 2.64. The summed E-state index contributed by atoms with van der Waals surface area (Å²) in [5.41, 5.74) is 0.363. The molecule has 0 unspecified atom stereocenters. The van der Waals surface area contributed by atoms with Gasteiger partial charge in [-0.15, -0.1) is 0 Å². The first kappa shape index (κ1) is 15.0. The molecule has 0 aliphatic rings. The molecule has 1 heterocycles. The summed E-state index contributed by atoms with van der Waals surface area (Å²) < 4.78 is 5.16. The number of aromatic carboxylic acids is 1. The fourth-order valence-corrected chi connectivity index (χ4v) is 1.39. The minimum Gasteiger partial charge on any atom is -0.477 e. The lowest BCUT2D eigenvalue weighted by atomic mass is 10.1. The number of rotatable bonds is 5. The number of hydrogen-bond acceptors (Lipinski definition) is 3. The van der Waals surface area contributed by atoms with Gasteiger partial charge in [0.05, 0.1) is 11.3 Å². The van der Waals surface area contributed by atoms with Crippen molar-refractivity contribution in [3.05, 3.63) is 17.5 Å². The minimum absolute atomic E-state index is 0.0429. The number of nitrogens with one attached hydrogen (secondary N) is 3. The molecule has 7 nitrogen and oxygen atoms in total. The summed E-state index contributed by atoms with van der Waals surface area (Å²) in [4.78, 5) is 25.3. The van der Waals surface area contributed by atoms with Crippen LogP contribution in [0.2, 0.25) is 0 Å². The number of anilines is 1. The molecule has 2 amide bonds. The van der Waals surface area contributed by atoms with Crippen molar-refractivity contribution >= 4 is 17.7 Å². The number of amides is 2. The van der Waals surface area contributed by atoms with Crippen LogP contribution in [0.5, 0.6) is 0 Å². The van der Waals surface area contributed by atoms with E-state index in [1.807, 2.05) is 13.8 Å². The van der Waals surface area contributed by atoms with Crippen LogP contribution in [0.1, 0.15) is 30.0 Å². The van der Waals surface area contributed by atoms with E-state index in [0.717, 1.165) is 0 Å². The average Bonchev–Trinajstić information content (AvgIpc) is 2.68. The van der Waals surface area contributed by atoms with E-state index in [1.54, 1.807) is 20.1 Å². The lowest BCUT2D eigenvalue weighted by Gasteiger charge is -2.23. The molecule has 19 heavy (non-hydrogen) atoms. The summed E-state index contributed by atoms with van der Waals surface area (Å²) in [7, 11) is 1.55. The normalized spacial score (nSPS) is 11.2. The first-order valence-corrected chi connectivity index (χ1v) is 5.78. The van der Waals surface area contributed by atoms with Crippen molar-refractivity contribution in [2.24, 2.45) is 0 Å². The summed E-state index contributed by atoms with van der Waals surface area (Å²) in [6, 6.07) is 1.08. The molecule has 0 spiro atoms. The maximum atomic E-state index is 11.7. The lowest BCUT2D eigenvalue weighted by molar-refractivity contribution is 0.0257. The van der Waals surface area contributed by atoms with Gasteiger partial charge in [0.2, 0.25) is 0 Å². The number of methoxy groups -OCH3 is 1. The molecule has 0 aliphatic heterocycles. The van der Waals surface area contributed by atoms with Gasteiger partial charge in [0.1, 0.15) is 5.69 Å². The lowest BCUT2D eigenvalue weighted by Crippen LogP contribution is -2.41. The number of carboxylic acid groups (broad SMARTS) is 1. The molecule has 1 aromatic heterocycles. The summed E-state index contributed by atoms with van der Waals surface area (Å²) >= 11 is 0. The van der Waals surface area contributed by atoms with Crippen LogP contribution in [0.3, 0.4) is 0 Å². The highest BCUT2D eigenvalue weighted by atomic mass is 16.5. The van der Waals surface area contributed by atoms with Gasteiger partial charge in [-0.05, 0) is 26.8 Å². The summed E-state index contributed by atoms with van der Waals surface area (Å²) in [6.45, 7) is 5.68. The van der Waals surface area contributed by atoms with Gasteiger partial charge in [-0.2, -0.15) is 0 Å². The number of H-pyrrole nitrogens is 1. The van der Waals surface area contributed by atoms with Crippen LogP contribution in [0, 0.1) is 6.92 Å². The number of aromatic amines is 1. The van der Waals surface area contributed by atoms with Crippen molar-refractivity contribution < 1.29 is 19.4 Å². The van der Waals surface area contributed by atoms with Gasteiger partial charge in [0, 0.05) is 19.3 Å². The Kier molecular flexibility index (Phi) is 4.55. The molecule has 0 bridgehead atoms. The van der Waals surface area contributed by atoms with E-state index in [0.29, 0.717) is 12.2 Å². The number of carboxylic acids is 1. The molecule has 4 N–H and O–H groups in total. The number of aryl methyl sites for hydroxylation is 1. The van der Waals surface area contributed by atoms with E-state index < -0.39 is 17.6 Å². The molecule has 0 radical (unpaired) electrons. The van der Waals surface area contributed by atoms with E-state index in [2.05, 4.69) is 15.6 Å². The summed E-state index contributed by atoms with van der Waals surface area (Å²) in [5, 5.41) is 14.1. The van der Waals surface area contributed by atoms with Crippen molar-refractivity contribution in [2.75, 3.05) is 19.0 Å². The van der Waals surface area contributed by atoms with Crippen LogP contribution in [-0.4, -0.2) is 41.3 Å². The molecular weight excluding hydrogens is 250 g/mol. The number of carbonyl (C=O) groups is 2. The number of ether oxygens (including phenoxy) is 1. The van der Waals surface area contributed by atoms with Crippen LogP contribution < -0.4 is 10.6 Å². The van der Waals surface area contributed by atoms with Gasteiger partial charge in [-0.3, -0.25) is 0 Å². The molecule has 0 aromatic carbocycles. The fourth-order valence-electron chi connectivity index (χ4n) is 1.39. The zero-order valence-electron chi connectivity index (χ0n) is 11.5. The number of aromatic nitrogens is 1. The third-order valence-electron chi connectivity index (χ3n) is 2.64. The Morgan fingerprint density at radius 1 is 1.47 bits per heavy atom. The van der Waals surface area contributed by atoms with Gasteiger partial charge in [0.15, 0.2) is 0 Å². The van der Waals surface area contributed by atoms with Crippen molar-refractivity contribution in [3.63, 3.8) is 0 Å². The molecule has 0 fully saturated rings. The molecule has 0 atom stereocenters. The van der Waals surface area contributed by atoms with E-state index in [-0.39, 0.29) is 11.4 Å². The van der Waals surface area contributed by atoms with E-state index in [4.69, 9.17) is 9.84 Å². The smallest absolute Gasteiger partial charge is 0.354 e. The van der Waals surface area contributed by atoms with Gasteiger partial charge >= 0.3 is 12.0 Å². The van der Waals surface area contributed by atoms with E-state index >= 15 is 0 Å². The first-order chi connectivity index (χ1) is 8.75. The largest absolute Gasteiger partial charge is 0.477 e. The second-order valence-corrected chi connectivity index (χ2v) is 4.82. The molecule has 0 aliphatic carbocycles. The van der Waals surface area contributed by atoms with Gasteiger partial charge < -0.3 is 25.5 Å². The van der Waals surface area contributed by atoms with Crippen LogP contribution in [-0.2, 0) is 4.74 Å². The fraction of sp³-hybridized carbons (Fsp3) is 0.500. The Labute approximate surface area is 111 Å². The molecule has 1 rings (SSSR count). The van der Waals surface area contributed by atoms with Gasteiger partial charge in [-0.1, -0.05) is 0 Å². The summed E-state index contributed by atoms with van der Waals surface area (Å²) in [5.74, 6) is -1.12. The van der Waals surface area contributed by atoms with Gasteiger partial charge in [-0.25, -0.2) is 9.59 Å². The second-order valence-electron chi connectivity index (χ2n) is 4.82. The average molecular weight is 269 g/mol. The predicted octanol–water partition coefficient (Wildman–Crippen LogP) is 1.57. The summed E-state index contributed by atoms with van der Waals surface area (Å²) in [6.07, 6.45) is 0. The van der Waals surface area contributed by atoms with Crippen LogP contribution >= 0.6 is 0 Å². The molecule has 0 saturated carbocycles. The molecule has 0 saturated heterocycles. The highest BCUT2D eigenvalue weighted by Crippen LogP contribution is 2.16. The Hall–Kier alpha value is -2.02. The Morgan fingerprint density at radius 3 is 2.63 bits per heavy atom. The number of urea groups is 1. The van der Waals surface area contributed by atoms with E-state index in [1.165, 1.54) is 0 Å². The zero-order valence-corrected chi connectivity index (χ0v) is 11.5. The maximum Gasteiger partial charge on any atom is 0.354 e. The highest BCUT2D eigenvalue weighted by molar-refractivity contribution is 5.99.